The quantitative estimate of drug-likeness (QED) is 0.785. The van der Waals surface area contributed by atoms with E-state index in [0.29, 0.717) is 43.2 Å². The summed E-state index contributed by atoms with van der Waals surface area (Å²) in [5.74, 6) is -1.57. The van der Waals surface area contributed by atoms with Gasteiger partial charge in [-0.1, -0.05) is 0 Å². The number of halogens is 3. The summed E-state index contributed by atoms with van der Waals surface area (Å²) in [6, 6.07) is 2.70. The first kappa shape index (κ1) is 16.5. The molecule has 2 aliphatic rings. The Morgan fingerprint density at radius 2 is 1.92 bits per heavy atom. The Kier molecular flexibility index (Phi) is 4.45. The zero-order valence-corrected chi connectivity index (χ0v) is 14.0. The van der Waals surface area contributed by atoms with Gasteiger partial charge in [0.05, 0.1) is 31.0 Å². The third kappa shape index (κ3) is 3.27. The number of aliphatic imine (C=N–C) groups is 1. The van der Waals surface area contributed by atoms with Gasteiger partial charge in [-0.05, 0) is 29.3 Å². The van der Waals surface area contributed by atoms with Crippen LogP contribution in [0.4, 0.5) is 14.5 Å². The summed E-state index contributed by atoms with van der Waals surface area (Å²) in [7, 11) is 0. The van der Waals surface area contributed by atoms with E-state index in [4.69, 9.17) is 16.3 Å². The van der Waals surface area contributed by atoms with Gasteiger partial charge in [-0.25, -0.2) is 18.7 Å². The lowest BCUT2D eigenvalue weighted by Crippen LogP contribution is -2.36. The van der Waals surface area contributed by atoms with Crippen molar-refractivity contribution >= 4 is 23.5 Å². The molecule has 1 aromatic heterocycles. The van der Waals surface area contributed by atoms with Gasteiger partial charge in [0.2, 0.25) is 5.28 Å². The molecule has 0 spiro atoms. The van der Waals surface area contributed by atoms with Crippen LogP contribution in [0.1, 0.15) is 22.7 Å². The van der Waals surface area contributed by atoms with E-state index in [1.54, 1.807) is 6.21 Å². The van der Waals surface area contributed by atoms with Crippen molar-refractivity contribution in [3.05, 3.63) is 52.1 Å². The molecule has 5 nitrogen and oxygen atoms in total. The molecule has 25 heavy (non-hydrogen) atoms. The minimum atomic E-state index is -0.566. The fourth-order valence-electron chi connectivity index (χ4n) is 3.10. The van der Waals surface area contributed by atoms with Crippen LogP contribution in [0.3, 0.4) is 0 Å². The van der Waals surface area contributed by atoms with Crippen molar-refractivity contribution in [1.29, 1.82) is 0 Å². The number of benzene rings is 1. The lowest BCUT2D eigenvalue weighted by molar-refractivity contribution is 0.0332. The Hall–Kier alpha value is -1.96. The van der Waals surface area contributed by atoms with Gasteiger partial charge < -0.3 is 4.74 Å². The molecule has 1 unspecified atom stereocenters. The van der Waals surface area contributed by atoms with Crippen molar-refractivity contribution in [3.8, 4) is 0 Å². The first-order valence-corrected chi connectivity index (χ1v) is 8.34. The maximum Gasteiger partial charge on any atom is 0.222 e. The molecule has 0 bridgehead atoms. The Balaban J connectivity index is 1.63. The van der Waals surface area contributed by atoms with Crippen LogP contribution in [0.25, 0.3) is 0 Å². The van der Waals surface area contributed by atoms with Gasteiger partial charge in [0, 0.05) is 31.4 Å². The number of ether oxygens (including phenoxy) is 1. The second kappa shape index (κ2) is 6.74. The monoisotopic (exact) mass is 364 g/mol. The highest BCUT2D eigenvalue weighted by atomic mass is 35.5. The van der Waals surface area contributed by atoms with Crippen molar-refractivity contribution < 1.29 is 13.5 Å². The lowest BCUT2D eigenvalue weighted by Gasteiger charge is -2.27. The van der Waals surface area contributed by atoms with Crippen LogP contribution in [-0.2, 0) is 11.3 Å². The molecule has 3 heterocycles. The maximum atomic E-state index is 14.6. The molecular weight excluding hydrogens is 350 g/mol. The van der Waals surface area contributed by atoms with Crippen LogP contribution < -0.4 is 0 Å². The standard InChI is InChI=1S/C17H15ClF2N4O/c18-17-22-8-15-16(23-17)11(7-21-15)10-5-13(19)12(14(20)6-10)9-24-1-3-25-4-2-24/h5-8,11H,1-4,9H2. The van der Waals surface area contributed by atoms with E-state index in [0.717, 1.165) is 0 Å². The molecule has 130 valence electrons. The van der Waals surface area contributed by atoms with E-state index >= 15 is 0 Å². The first-order chi connectivity index (χ1) is 12.1. The van der Waals surface area contributed by atoms with Crippen LogP contribution in [0, 0.1) is 11.6 Å². The van der Waals surface area contributed by atoms with E-state index in [-0.39, 0.29) is 17.4 Å². The Morgan fingerprint density at radius 3 is 2.64 bits per heavy atom. The van der Waals surface area contributed by atoms with Crippen molar-refractivity contribution in [1.82, 2.24) is 14.9 Å². The van der Waals surface area contributed by atoms with Gasteiger partial charge in [-0.2, -0.15) is 0 Å². The average molecular weight is 365 g/mol. The molecule has 1 fully saturated rings. The van der Waals surface area contributed by atoms with Gasteiger partial charge in [0.1, 0.15) is 17.3 Å². The van der Waals surface area contributed by atoms with Crippen molar-refractivity contribution in [2.75, 3.05) is 26.3 Å². The van der Waals surface area contributed by atoms with Crippen molar-refractivity contribution in [2.45, 2.75) is 12.5 Å². The van der Waals surface area contributed by atoms with E-state index in [1.165, 1.54) is 18.3 Å². The first-order valence-electron chi connectivity index (χ1n) is 7.96. The predicted octanol–water partition coefficient (Wildman–Crippen LogP) is 3.09. The third-order valence-corrected chi connectivity index (χ3v) is 4.62. The molecular formula is C17H15ClF2N4O. The Labute approximate surface area is 148 Å². The van der Waals surface area contributed by atoms with Crippen LogP contribution in [0.15, 0.2) is 23.3 Å². The number of fused-ring (bicyclic) bond motifs is 1. The number of hydrogen-bond donors (Lipinski definition) is 0. The topological polar surface area (TPSA) is 50.6 Å². The van der Waals surface area contributed by atoms with Crippen LogP contribution in [0.5, 0.6) is 0 Å². The largest absolute Gasteiger partial charge is 0.379 e. The zero-order chi connectivity index (χ0) is 17.4. The second-order valence-electron chi connectivity index (χ2n) is 6.02. The van der Waals surface area contributed by atoms with Crippen molar-refractivity contribution in [3.63, 3.8) is 0 Å². The van der Waals surface area contributed by atoms with E-state index in [2.05, 4.69) is 15.0 Å². The lowest BCUT2D eigenvalue weighted by atomic mass is 9.95. The highest BCUT2D eigenvalue weighted by molar-refractivity contribution is 6.28. The number of rotatable bonds is 3. The highest BCUT2D eigenvalue weighted by Gasteiger charge is 2.26. The summed E-state index contributed by atoms with van der Waals surface area (Å²) in [6.07, 6.45) is 3.10. The molecule has 2 aromatic rings. The molecule has 0 radical (unpaired) electrons. The van der Waals surface area contributed by atoms with E-state index in [1.807, 2.05) is 4.90 Å². The predicted molar refractivity (Wildman–Crippen MR) is 89.5 cm³/mol. The van der Waals surface area contributed by atoms with Crippen LogP contribution in [0.2, 0.25) is 5.28 Å². The van der Waals surface area contributed by atoms with Gasteiger partial charge in [0.15, 0.2) is 0 Å². The fraction of sp³-hybridized carbons (Fsp3) is 0.353. The molecule has 4 rings (SSSR count). The molecule has 2 aliphatic heterocycles. The molecule has 0 amide bonds. The highest BCUT2D eigenvalue weighted by Crippen LogP contribution is 2.36. The van der Waals surface area contributed by atoms with Gasteiger partial charge >= 0.3 is 0 Å². The smallest absolute Gasteiger partial charge is 0.222 e. The summed E-state index contributed by atoms with van der Waals surface area (Å²) in [6.45, 7) is 2.72. The average Bonchev–Trinajstić information content (AvgIpc) is 3.02. The molecule has 1 aromatic carbocycles. The third-order valence-electron chi connectivity index (χ3n) is 4.43. The normalized spacial score (nSPS) is 20.0. The summed E-state index contributed by atoms with van der Waals surface area (Å²) in [4.78, 5) is 14.2. The molecule has 8 heteroatoms. The van der Waals surface area contributed by atoms with Gasteiger partial charge in [0.25, 0.3) is 0 Å². The Morgan fingerprint density at radius 1 is 1.20 bits per heavy atom. The summed E-state index contributed by atoms with van der Waals surface area (Å²) >= 11 is 5.83. The van der Waals surface area contributed by atoms with E-state index < -0.39 is 17.6 Å². The fourth-order valence-corrected chi connectivity index (χ4v) is 3.24. The summed E-state index contributed by atoms with van der Waals surface area (Å²) in [5, 5.41) is 0.0825. The molecule has 1 saturated heterocycles. The van der Waals surface area contributed by atoms with Gasteiger partial charge in [-0.3, -0.25) is 9.89 Å². The van der Waals surface area contributed by atoms with Crippen molar-refractivity contribution in [2.24, 2.45) is 4.99 Å². The molecule has 1 atom stereocenters. The SMILES string of the molecule is Fc1cc(C2C=Nc3cnc(Cl)nc32)cc(F)c1CN1CCOCC1. The maximum absolute atomic E-state index is 14.6. The van der Waals surface area contributed by atoms with E-state index in [9.17, 15) is 8.78 Å². The molecule has 0 N–H and O–H groups in total. The summed E-state index contributed by atoms with van der Waals surface area (Å²) < 4.78 is 34.4. The molecule has 0 aliphatic carbocycles. The minimum Gasteiger partial charge on any atom is -0.379 e. The van der Waals surface area contributed by atoms with Gasteiger partial charge in [-0.15, -0.1) is 0 Å². The summed E-state index contributed by atoms with van der Waals surface area (Å²) in [5.41, 5.74) is 1.65. The minimum absolute atomic E-state index is 0.0709. The number of aromatic nitrogens is 2. The number of nitrogens with zero attached hydrogens (tertiary/aromatic N) is 4. The number of morpholine rings is 1. The molecule has 0 saturated carbocycles. The number of hydrogen-bond acceptors (Lipinski definition) is 5. The van der Waals surface area contributed by atoms with Crippen LogP contribution in [-0.4, -0.2) is 47.4 Å². The zero-order valence-electron chi connectivity index (χ0n) is 13.3. The Bertz CT molecular complexity index is 816. The second-order valence-corrected chi connectivity index (χ2v) is 6.36. The van der Waals surface area contributed by atoms with Crippen LogP contribution >= 0.6 is 11.6 Å².